The fourth-order valence-electron chi connectivity index (χ4n) is 3.22. The molecule has 0 spiro atoms. The van der Waals surface area contributed by atoms with Gasteiger partial charge < -0.3 is 5.11 Å². The zero-order valence-corrected chi connectivity index (χ0v) is 16.4. The van der Waals surface area contributed by atoms with E-state index < -0.39 is 0 Å². The summed E-state index contributed by atoms with van der Waals surface area (Å²) in [6.45, 7) is 0. The lowest BCUT2D eigenvalue weighted by Gasteiger charge is -2.24. The molecule has 0 aromatic heterocycles. The number of phenolic OH excluding ortho intramolecular Hbond substituents is 1. The monoisotopic (exact) mass is 416 g/mol. The van der Waals surface area contributed by atoms with Crippen molar-refractivity contribution in [1.29, 1.82) is 0 Å². The van der Waals surface area contributed by atoms with Gasteiger partial charge in [0.1, 0.15) is 5.75 Å². The Bertz CT molecular complexity index is 1000. The van der Waals surface area contributed by atoms with Gasteiger partial charge in [0, 0.05) is 22.0 Å². The molecular weight excluding hydrogens is 403 g/mol. The van der Waals surface area contributed by atoms with Crippen molar-refractivity contribution >= 4 is 46.2 Å². The number of anilines is 1. The molecule has 0 aliphatic carbocycles. The number of nitrogens with zero attached hydrogens (tertiary/aromatic N) is 2. The Labute approximate surface area is 172 Å². The lowest BCUT2D eigenvalue weighted by molar-refractivity contribution is 0.474. The van der Waals surface area contributed by atoms with Crippen LogP contribution in [0.1, 0.15) is 23.6 Å². The van der Waals surface area contributed by atoms with E-state index in [1.54, 1.807) is 6.07 Å². The molecule has 3 aromatic rings. The molecule has 0 saturated carbocycles. The first kappa shape index (κ1) is 18.2. The van der Waals surface area contributed by atoms with Gasteiger partial charge >= 0.3 is 0 Å². The van der Waals surface area contributed by atoms with Crippen molar-refractivity contribution in [3.8, 4) is 5.75 Å². The third-order valence-electron chi connectivity index (χ3n) is 4.52. The number of hydrazone groups is 1. The molecule has 0 bridgehead atoms. The zero-order valence-electron chi connectivity index (χ0n) is 14.1. The summed E-state index contributed by atoms with van der Waals surface area (Å²) >= 11 is 18.3. The Morgan fingerprint density at radius 3 is 2.30 bits per heavy atom. The van der Waals surface area contributed by atoms with Crippen molar-refractivity contribution in [3.63, 3.8) is 0 Å². The molecule has 0 amide bonds. The summed E-state index contributed by atoms with van der Waals surface area (Å²) in [4.78, 5) is 0. The van der Waals surface area contributed by atoms with Gasteiger partial charge in [0.15, 0.2) is 0 Å². The van der Waals surface area contributed by atoms with Crippen LogP contribution >= 0.6 is 34.8 Å². The molecule has 3 nitrogen and oxygen atoms in total. The fourth-order valence-corrected chi connectivity index (χ4v) is 3.84. The van der Waals surface area contributed by atoms with Crippen LogP contribution in [0.2, 0.25) is 15.1 Å². The Balaban J connectivity index is 1.80. The van der Waals surface area contributed by atoms with Crippen LogP contribution in [0.4, 0.5) is 5.69 Å². The number of hydrogen-bond donors (Lipinski definition) is 1. The van der Waals surface area contributed by atoms with Crippen molar-refractivity contribution in [2.75, 3.05) is 5.01 Å². The summed E-state index contributed by atoms with van der Waals surface area (Å²) < 4.78 is 0. The Morgan fingerprint density at radius 1 is 0.889 bits per heavy atom. The lowest BCUT2D eigenvalue weighted by atomic mass is 9.97. The molecule has 1 unspecified atom stereocenters. The van der Waals surface area contributed by atoms with E-state index in [2.05, 4.69) is 0 Å². The summed E-state index contributed by atoms with van der Waals surface area (Å²) in [5, 5.41) is 18.5. The van der Waals surface area contributed by atoms with Crippen molar-refractivity contribution in [3.05, 3.63) is 92.9 Å². The number of hydrogen-bond acceptors (Lipinski definition) is 3. The van der Waals surface area contributed by atoms with Gasteiger partial charge in [0.2, 0.25) is 0 Å². The fraction of sp³-hybridized carbons (Fsp3) is 0.0952. The van der Waals surface area contributed by atoms with E-state index >= 15 is 0 Å². The molecule has 0 fully saturated rings. The maximum Gasteiger partial charge on any atom is 0.143 e. The van der Waals surface area contributed by atoms with Gasteiger partial charge in [-0.1, -0.05) is 65.1 Å². The van der Waals surface area contributed by atoms with Crippen molar-refractivity contribution < 1.29 is 5.11 Å². The minimum atomic E-state index is -0.0307. The Kier molecular flexibility index (Phi) is 5.00. The van der Waals surface area contributed by atoms with Crippen LogP contribution in [-0.2, 0) is 0 Å². The number of rotatable bonds is 3. The lowest BCUT2D eigenvalue weighted by Crippen LogP contribution is -2.18. The summed E-state index contributed by atoms with van der Waals surface area (Å²) in [5.41, 5.74) is 3.31. The first-order valence-electron chi connectivity index (χ1n) is 8.38. The largest absolute Gasteiger partial charge is 0.506 e. The van der Waals surface area contributed by atoms with Gasteiger partial charge in [-0.25, -0.2) is 0 Å². The van der Waals surface area contributed by atoms with Crippen LogP contribution in [0, 0.1) is 0 Å². The molecule has 27 heavy (non-hydrogen) atoms. The number of phenols is 1. The van der Waals surface area contributed by atoms with E-state index in [1.165, 1.54) is 6.07 Å². The van der Waals surface area contributed by atoms with Crippen LogP contribution in [0.15, 0.2) is 71.8 Å². The van der Waals surface area contributed by atoms with Crippen molar-refractivity contribution in [1.82, 2.24) is 0 Å². The average molecular weight is 418 g/mol. The molecule has 1 aliphatic rings. The van der Waals surface area contributed by atoms with Crippen molar-refractivity contribution in [2.45, 2.75) is 12.5 Å². The highest BCUT2D eigenvalue weighted by atomic mass is 35.5. The minimum Gasteiger partial charge on any atom is -0.506 e. The van der Waals surface area contributed by atoms with E-state index in [4.69, 9.17) is 39.9 Å². The maximum absolute atomic E-state index is 10.4. The Morgan fingerprint density at radius 2 is 1.59 bits per heavy atom. The predicted molar refractivity (Wildman–Crippen MR) is 112 cm³/mol. The minimum absolute atomic E-state index is 0.00964. The van der Waals surface area contributed by atoms with E-state index in [-0.39, 0.29) is 16.8 Å². The molecule has 1 aliphatic heterocycles. The van der Waals surface area contributed by atoms with E-state index in [1.807, 2.05) is 59.6 Å². The smallest absolute Gasteiger partial charge is 0.143 e. The molecular formula is C21H15Cl3N2O. The number of aromatic hydroxyl groups is 1. The molecule has 0 radical (unpaired) electrons. The van der Waals surface area contributed by atoms with Gasteiger partial charge in [-0.2, -0.15) is 5.10 Å². The first-order chi connectivity index (χ1) is 13.0. The molecule has 6 heteroatoms. The molecule has 136 valence electrons. The van der Waals surface area contributed by atoms with Gasteiger partial charge in [-0.05, 0) is 42.0 Å². The van der Waals surface area contributed by atoms with Crippen LogP contribution in [-0.4, -0.2) is 10.8 Å². The van der Waals surface area contributed by atoms with Crippen LogP contribution in [0.3, 0.4) is 0 Å². The highest BCUT2D eigenvalue weighted by molar-refractivity contribution is 6.36. The zero-order chi connectivity index (χ0) is 19.0. The first-order valence-corrected chi connectivity index (χ1v) is 9.52. The molecule has 0 saturated heterocycles. The second-order valence-electron chi connectivity index (χ2n) is 6.28. The number of para-hydroxylation sites is 1. The van der Waals surface area contributed by atoms with Gasteiger partial charge in [-0.15, -0.1) is 0 Å². The number of halogens is 3. The number of benzene rings is 3. The summed E-state index contributed by atoms with van der Waals surface area (Å²) in [5.74, 6) is -0.00964. The topological polar surface area (TPSA) is 35.8 Å². The van der Waals surface area contributed by atoms with E-state index in [0.29, 0.717) is 22.0 Å². The average Bonchev–Trinajstić information content (AvgIpc) is 3.11. The molecule has 1 atom stereocenters. The van der Waals surface area contributed by atoms with E-state index in [0.717, 1.165) is 17.0 Å². The molecule has 3 aromatic carbocycles. The third kappa shape index (κ3) is 3.63. The molecule has 1 N–H and O–H groups in total. The summed E-state index contributed by atoms with van der Waals surface area (Å²) in [6.07, 6.45) is 0.598. The van der Waals surface area contributed by atoms with Gasteiger partial charge in [-0.3, -0.25) is 5.01 Å². The third-order valence-corrected chi connectivity index (χ3v) is 5.28. The molecule has 4 rings (SSSR count). The van der Waals surface area contributed by atoms with Gasteiger partial charge in [0.05, 0.1) is 22.5 Å². The van der Waals surface area contributed by atoms with Crippen LogP contribution in [0.25, 0.3) is 0 Å². The normalized spacial score (nSPS) is 16.5. The second-order valence-corrected chi connectivity index (χ2v) is 7.56. The highest BCUT2D eigenvalue weighted by Gasteiger charge is 2.31. The maximum atomic E-state index is 10.4. The predicted octanol–water partition coefficient (Wildman–Crippen LogP) is 6.71. The second kappa shape index (κ2) is 7.43. The van der Waals surface area contributed by atoms with Gasteiger partial charge in [0.25, 0.3) is 0 Å². The van der Waals surface area contributed by atoms with Crippen molar-refractivity contribution in [2.24, 2.45) is 5.10 Å². The standard InChI is InChI=1S/C21H15Cl3N2O/c22-14-8-6-13(7-9-14)20-12-19(17-10-15(23)11-18(24)21(17)27)25-26(20)16-4-2-1-3-5-16/h1-11,20,27H,12H2. The SMILES string of the molecule is Oc1c(Cl)cc(Cl)cc1C1=NN(c2ccccc2)C(c2ccc(Cl)cc2)C1. The molecule has 1 heterocycles. The Hall–Kier alpha value is -2.20. The summed E-state index contributed by atoms with van der Waals surface area (Å²) in [6, 6.07) is 20.8. The summed E-state index contributed by atoms with van der Waals surface area (Å²) in [7, 11) is 0. The van der Waals surface area contributed by atoms with E-state index in [9.17, 15) is 5.11 Å². The quantitative estimate of drug-likeness (QED) is 0.514. The van der Waals surface area contributed by atoms with Crippen LogP contribution < -0.4 is 5.01 Å². The highest BCUT2D eigenvalue weighted by Crippen LogP contribution is 2.40. The van der Waals surface area contributed by atoms with Crippen LogP contribution in [0.5, 0.6) is 5.75 Å².